The molecule has 1 unspecified atom stereocenters. The molecular weight excluding hydrogens is 312 g/mol. The summed E-state index contributed by atoms with van der Waals surface area (Å²) in [6, 6.07) is 0.591. The number of rotatable bonds is 6. The molecule has 2 aliphatic rings. The Morgan fingerprint density at radius 3 is 2.79 bits per heavy atom. The largest absolute Gasteiger partial charge is 0.357 e. The summed E-state index contributed by atoms with van der Waals surface area (Å²) in [5.74, 6) is 0.168. The third-order valence-corrected chi connectivity index (χ3v) is 4.09. The fraction of sp³-hybridized carbons (Fsp3) is 0.533. The minimum atomic E-state index is -0.793. The van der Waals surface area contributed by atoms with Crippen LogP contribution >= 0.6 is 0 Å². The molecule has 4 amide bonds. The highest BCUT2D eigenvalue weighted by atomic mass is 16.2. The first kappa shape index (κ1) is 16.2. The SMILES string of the molecule is O=C(CC1NC(=O)NC1=O)NCCc1cc(N2CCCC2)ncn1. The third kappa shape index (κ3) is 3.98. The first-order valence-corrected chi connectivity index (χ1v) is 8.06. The molecule has 2 saturated heterocycles. The molecule has 0 aliphatic carbocycles. The molecule has 1 aromatic rings. The maximum Gasteiger partial charge on any atom is 0.322 e. The van der Waals surface area contributed by atoms with Gasteiger partial charge in [-0.3, -0.25) is 14.9 Å². The molecule has 0 radical (unpaired) electrons. The number of carbonyl (C=O) groups excluding carboxylic acids is 3. The van der Waals surface area contributed by atoms with Gasteiger partial charge in [0.25, 0.3) is 5.91 Å². The second kappa shape index (κ2) is 7.24. The number of hydrogen-bond acceptors (Lipinski definition) is 6. The maximum atomic E-state index is 11.8. The fourth-order valence-electron chi connectivity index (χ4n) is 2.83. The van der Waals surface area contributed by atoms with Crippen LogP contribution in [-0.2, 0) is 16.0 Å². The Balaban J connectivity index is 1.44. The lowest BCUT2D eigenvalue weighted by Gasteiger charge is -2.16. The maximum absolute atomic E-state index is 11.8. The van der Waals surface area contributed by atoms with Gasteiger partial charge in [-0.15, -0.1) is 0 Å². The molecule has 128 valence electrons. The lowest BCUT2D eigenvalue weighted by atomic mass is 10.2. The van der Waals surface area contributed by atoms with E-state index in [0.29, 0.717) is 13.0 Å². The number of carbonyl (C=O) groups is 3. The molecule has 0 bridgehead atoms. The standard InChI is InChI=1S/C15H20N6O3/c22-13(8-11-14(23)20-15(24)19-11)16-4-3-10-7-12(18-9-17-10)21-5-1-2-6-21/h7,9,11H,1-6,8H2,(H,16,22)(H2,19,20,23,24). The summed E-state index contributed by atoms with van der Waals surface area (Å²) in [5, 5.41) is 7.23. The van der Waals surface area contributed by atoms with Gasteiger partial charge < -0.3 is 15.5 Å². The molecule has 0 spiro atoms. The van der Waals surface area contributed by atoms with E-state index in [1.54, 1.807) is 6.33 Å². The Morgan fingerprint density at radius 2 is 2.08 bits per heavy atom. The van der Waals surface area contributed by atoms with Crippen molar-refractivity contribution in [1.82, 2.24) is 25.9 Å². The zero-order valence-corrected chi connectivity index (χ0v) is 13.2. The minimum Gasteiger partial charge on any atom is -0.357 e. The molecule has 1 atom stereocenters. The zero-order chi connectivity index (χ0) is 16.9. The number of imide groups is 1. The number of anilines is 1. The van der Waals surface area contributed by atoms with E-state index < -0.39 is 18.0 Å². The highest BCUT2D eigenvalue weighted by molar-refractivity contribution is 6.05. The highest BCUT2D eigenvalue weighted by Gasteiger charge is 2.31. The fourth-order valence-corrected chi connectivity index (χ4v) is 2.83. The number of amides is 4. The van der Waals surface area contributed by atoms with Crippen molar-refractivity contribution >= 4 is 23.7 Å². The van der Waals surface area contributed by atoms with Gasteiger partial charge in [-0.25, -0.2) is 14.8 Å². The van der Waals surface area contributed by atoms with Crippen LogP contribution in [-0.4, -0.2) is 53.5 Å². The van der Waals surface area contributed by atoms with Gasteiger partial charge in [0.1, 0.15) is 18.2 Å². The summed E-state index contributed by atoms with van der Waals surface area (Å²) < 4.78 is 0. The van der Waals surface area contributed by atoms with Crippen LogP contribution in [0.25, 0.3) is 0 Å². The molecular formula is C15H20N6O3. The zero-order valence-electron chi connectivity index (χ0n) is 13.2. The van der Waals surface area contributed by atoms with Crippen molar-refractivity contribution in [2.45, 2.75) is 31.7 Å². The van der Waals surface area contributed by atoms with Crippen molar-refractivity contribution in [3.63, 3.8) is 0 Å². The Hall–Kier alpha value is -2.71. The van der Waals surface area contributed by atoms with Crippen LogP contribution in [0.2, 0.25) is 0 Å². The van der Waals surface area contributed by atoms with Crippen LogP contribution in [0.5, 0.6) is 0 Å². The molecule has 2 aliphatic heterocycles. The van der Waals surface area contributed by atoms with E-state index in [4.69, 9.17) is 0 Å². The van der Waals surface area contributed by atoms with E-state index >= 15 is 0 Å². The first-order chi connectivity index (χ1) is 11.6. The second-order valence-electron chi connectivity index (χ2n) is 5.88. The molecule has 3 heterocycles. The summed E-state index contributed by atoms with van der Waals surface area (Å²) in [7, 11) is 0. The quantitative estimate of drug-likeness (QED) is 0.595. The van der Waals surface area contributed by atoms with Gasteiger partial charge in [0.2, 0.25) is 5.91 Å². The number of urea groups is 1. The van der Waals surface area contributed by atoms with Crippen molar-refractivity contribution in [3.05, 3.63) is 18.1 Å². The molecule has 24 heavy (non-hydrogen) atoms. The number of nitrogens with zero attached hydrogens (tertiary/aromatic N) is 3. The molecule has 0 saturated carbocycles. The number of hydrogen-bond donors (Lipinski definition) is 3. The van der Waals surface area contributed by atoms with E-state index in [0.717, 1.165) is 24.6 Å². The Bertz CT molecular complexity index is 644. The van der Waals surface area contributed by atoms with Crippen LogP contribution < -0.4 is 20.9 Å². The van der Waals surface area contributed by atoms with Crippen molar-refractivity contribution in [2.75, 3.05) is 24.5 Å². The summed E-state index contributed by atoms with van der Waals surface area (Å²) in [6.07, 6.45) is 4.42. The Kier molecular flexibility index (Phi) is 4.88. The van der Waals surface area contributed by atoms with Crippen LogP contribution in [0.4, 0.5) is 10.6 Å². The van der Waals surface area contributed by atoms with Gasteiger partial charge in [-0.05, 0) is 12.8 Å². The molecule has 3 rings (SSSR count). The van der Waals surface area contributed by atoms with Gasteiger partial charge in [-0.2, -0.15) is 0 Å². The van der Waals surface area contributed by atoms with E-state index in [-0.39, 0.29) is 12.3 Å². The predicted octanol–water partition coefficient (Wildman–Crippen LogP) is -0.666. The first-order valence-electron chi connectivity index (χ1n) is 8.06. The average Bonchev–Trinajstić information content (AvgIpc) is 3.18. The molecule has 0 aromatic carbocycles. The number of aromatic nitrogens is 2. The second-order valence-corrected chi connectivity index (χ2v) is 5.88. The minimum absolute atomic E-state index is 0.0691. The van der Waals surface area contributed by atoms with Gasteiger partial charge in [0.05, 0.1) is 6.42 Å². The van der Waals surface area contributed by atoms with Gasteiger partial charge in [0, 0.05) is 37.8 Å². The average molecular weight is 332 g/mol. The van der Waals surface area contributed by atoms with E-state index in [1.165, 1.54) is 12.8 Å². The normalized spacial score (nSPS) is 20.0. The van der Waals surface area contributed by atoms with Gasteiger partial charge >= 0.3 is 6.03 Å². The van der Waals surface area contributed by atoms with Crippen molar-refractivity contribution < 1.29 is 14.4 Å². The molecule has 2 fully saturated rings. The summed E-state index contributed by atoms with van der Waals surface area (Å²) in [4.78, 5) is 45.0. The summed E-state index contributed by atoms with van der Waals surface area (Å²) in [6.45, 7) is 2.45. The van der Waals surface area contributed by atoms with Crippen molar-refractivity contribution in [3.8, 4) is 0 Å². The lowest BCUT2D eigenvalue weighted by molar-refractivity contribution is -0.126. The van der Waals surface area contributed by atoms with Crippen LogP contribution in [0, 0.1) is 0 Å². The molecule has 3 N–H and O–H groups in total. The smallest absolute Gasteiger partial charge is 0.322 e. The Morgan fingerprint density at radius 1 is 1.29 bits per heavy atom. The van der Waals surface area contributed by atoms with Crippen LogP contribution in [0.1, 0.15) is 25.0 Å². The Labute approximate surface area is 139 Å². The molecule has 1 aromatic heterocycles. The van der Waals surface area contributed by atoms with Gasteiger partial charge in [-0.1, -0.05) is 0 Å². The topological polar surface area (TPSA) is 116 Å². The van der Waals surface area contributed by atoms with Crippen LogP contribution in [0.3, 0.4) is 0 Å². The highest BCUT2D eigenvalue weighted by Crippen LogP contribution is 2.17. The number of nitrogens with one attached hydrogen (secondary N) is 3. The van der Waals surface area contributed by atoms with E-state index in [1.807, 2.05) is 6.07 Å². The molecule has 9 nitrogen and oxygen atoms in total. The lowest BCUT2D eigenvalue weighted by Crippen LogP contribution is -2.36. The molecule has 9 heteroatoms. The van der Waals surface area contributed by atoms with E-state index in [2.05, 4.69) is 30.8 Å². The van der Waals surface area contributed by atoms with Crippen molar-refractivity contribution in [2.24, 2.45) is 0 Å². The van der Waals surface area contributed by atoms with Crippen LogP contribution in [0.15, 0.2) is 12.4 Å². The van der Waals surface area contributed by atoms with E-state index in [9.17, 15) is 14.4 Å². The summed E-state index contributed by atoms with van der Waals surface area (Å²) in [5.41, 5.74) is 0.860. The predicted molar refractivity (Wildman–Crippen MR) is 85.3 cm³/mol. The third-order valence-electron chi connectivity index (χ3n) is 4.09. The monoisotopic (exact) mass is 332 g/mol. The summed E-state index contributed by atoms with van der Waals surface area (Å²) >= 11 is 0. The van der Waals surface area contributed by atoms with Crippen molar-refractivity contribution in [1.29, 1.82) is 0 Å². The van der Waals surface area contributed by atoms with Gasteiger partial charge in [0.15, 0.2) is 0 Å².